The molecule has 0 bridgehead atoms. The van der Waals surface area contributed by atoms with Gasteiger partial charge in [0.15, 0.2) is 4.34 Å². The van der Waals surface area contributed by atoms with E-state index >= 15 is 0 Å². The molecule has 0 radical (unpaired) electrons. The van der Waals surface area contributed by atoms with E-state index in [0.29, 0.717) is 21.5 Å². The summed E-state index contributed by atoms with van der Waals surface area (Å²) in [7, 11) is 0. The van der Waals surface area contributed by atoms with Gasteiger partial charge in [0, 0.05) is 11.9 Å². The summed E-state index contributed by atoms with van der Waals surface area (Å²) in [5.74, 6) is -0.238. The number of thioether (sulfide) groups is 1. The quantitative estimate of drug-likeness (QED) is 0.692. The molecule has 2 aromatic heterocycles. The Kier molecular flexibility index (Phi) is 4.21. The van der Waals surface area contributed by atoms with Gasteiger partial charge in [-0.1, -0.05) is 23.4 Å². The van der Waals surface area contributed by atoms with Gasteiger partial charge in [0.2, 0.25) is 0 Å². The summed E-state index contributed by atoms with van der Waals surface area (Å²) in [4.78, 5) is 19.3. The second-order valence-electron chi connectivity index (χ2n) is 3.47. The van der Waals surface area contributed by atoms with E-state index in [-0.39, 0.29) is 0 Å². The molecule has 0 fully saturated rings. The average molecular weight is 301 g/mol. The maximum absolute atomic E-state index is 10.9. The highest BCUT2D eigenvalue weighted by Gasteiger charge is 2.14. The third kappa shape index (κ3) is 3.22. The number of carboxylic acid groups (broad SMARTS) is 1. The number of hydrogen-bond acceptors (Lipinski definition) is 5. The van der Waals surface area contributed by atoms with E-state index in [4.69, 9.17) is 16.7 Å². The maximum Gasteiger partial charge on any atom is 0.347 e. The van der Waals surface area contributed by atoms with Crippen LogP contribution >= 0.6 is 34.7 Å². The van der Waals surface area contributed by atoms with Gasteiger partial charge < -0.3 is 5.11 Å². The van der Waals surface area contributed by atoms with E-state index < -0.39 is 5.97 Å². The molecule has 1 N–H and O–H groups in total. The van der Waals surface area contributed by atoms with Crippen molar-refractivity contribution in [1.82, 2.24) is 9.97 Å². The molecule has 0 aromatic carbocycles. The Morgan fingerprint density at radius 2 is 2.39 bits per heavy atom. The van der Waals surface area contributed by atoms with E-state index in [1.165, 1.54) is 23.1 Å². The van der Waals surface area contributed by atoms with Gasteiger partial charge in [-0.3, -0.25) is 0 Å². The van der Waals surface area contributed by atoms with Gasteiger partial charge in [0.05, 0.1) is 5.69 Å². The van der Waals surface area contributed by atoms with Crippen molar-refractivity contribution in [2.45, 2.75) is 17.0 Å². The number of pyridine rings is 1. The van der Waals surface area contributed by atoms with Gasteiger partial charge in [-0.2, -0.15) is 0 Å². The zero-order valence-electron chi connectivity index (χ0n) is 9.38. The minimum absolute atomic E-state index is 0.297. The fraction of sp³-hybridized carbons (Fsp3) is 0.182. The molecule has 0 spiro atoms. The minimum atomic E-state index is -0.927. The number of nitrogens with zero attached hydrogens (tertiary/aromatic N) is 2. The molecule has 4 nitrogen and oxygen atoms in total. The Morgan fingerprint density at radius 1 is 1.61 bits per heavy atom. The van der Waals surface area contributed by atoms with Gasteiger partial charge in [-0.15, -0.1) is 11.3 Å². The highest BCUT2D eigenvalue weighted by Crippen LogP contribution is 2.29. The topological polar surface area (TPSA) is 63.1 Å². The fourth-order valence-electron chi connectivity index (χ4n) is 1.31. The minimum Gasteiger partial charge on any atom is -0.477 e. The van der Waals surface area contributed by atoms with Crippen molar-refractivity contribution in [2.24, 2.45) is 0 Å². The van der Waals surface area contributed by atoms with Crippen molar-refractivity contribution in [1.29, 1.82) is 0 Å². The van der Waals surface area contributed by atoms with Crippen LogP contribution < -0.4 is 0 Å². The van der Waals surface area contributed by atoms with Gasteiger partial charge in [-0.25, -0.2) is 14.8 Å². The van der Waals surface area contributed by atoms with Gasteiger partial charge >= 0.3 is 5.97 Å². The highest BCUT2D eigenvalue weighted by atomic mass is 35.5. The molecule has 94 valence electrons. The van der Waals surface area contributed by atoms with Crippen molar-refractivity contribution in [3.63, 3.8) is 0 Å². The zero-order chi connectivity index (χ0) is 13.1. The van der Waals surface area contributed by atoms with Gasteiger partial charge in [-0.05, 0) is 24.6 Å². The monoisotopic (exact) mass is 300 g/mol. The molecular weight excluding hydrogens is 292 g/mol. The first kappa shape index (κ1) is 13.3. The zero-order valence-corrected chi connectivity index (χ0v) is 11.8. The molecule has 0 atom stereocenters. The summed E-state index contributed by atoms with van der Waals surface area (Å²) < 4.78 is 0.748. The van der Waals surface area contributed by atoms with Crippen molar-refractivity contribution in [3.8, 4) is 0 Å². The van der Waals surface area contributed by atoms with Crippen LogP contribution in [0, 0.1) is 6.92 Å². The molecule has 0 amide bonds. The van der Waals surface area contributed by atoms with E-state index in [1.807, 2.05) is 6.07 Å². The Bertz CT molecular complexity index is 586. The Morgan fingerprint density at radius 3 is 3.00 bits per heavy atom. The van der Waals surface area contributed by atoms with Crippen LogP contribution in [-0.2, 0) is 5.75 Å². The second-order valence-corrected chi connectivity index (χ2v) is 6.08. The SMILES string of the molecule is Cc1nc(SCc2ccnc(Cl)c2)sc1C(=O)O. The molecule has 18 heavy (non-hydrogen) atoms. The highest BCUT2D eigenvalue weighted by molar-refractivity contribution is 8.00. The van der Waals surface area contributed by atoms with Crippen LogP contribution in [-0.4, -0.2) is 21.0 Å². The lowest BCUT2D eigenvalue weighted by Crippen LogP contribution is -1.94. The molecule has 0 unspecified atom stereocenters. The molecular formula is C11H9ClN2O2S2. The molecule has 0 saturated heterocycles. The Labute approximate surface area is 117 Å². The number of carbonyl (C=O) groups is 1. The summed E-state index contributed by atoms with van der Waals surface area (Å²) >= 11 is 8.47. The molecule has 0 aliphatic rings. The van der Waals surface area contributed by atoms with Crippen LogP contribution in [0.4, 0.5) is 0 Å². The molecule has 0 saturated carbocycles. The third-order valence-electron chi connectivity index (χ3n) is 2.12. The van der Waals surface area contributed by atoms with Gasteiger partial charge in [0.25, 0.3) is 0 Å². The van der Waals surface area contributed by atoms with E-state index in [1.54, 1.807) is 19.2 Å². The number of aryl methyl sites for hydroxylation is 1. The molecule has 0 aliphatic carbocycles. The van der Waals surface area contributed by atoms with Crippen LogP contribution in [0.2, 0.25) is 5.15 Å². The van der Waals surface area contributed by atoms with Crippen LogP contribution in [0.5, 0.6) is 0 Å². The summed E-state index contributed by atoms with van der Waals surface area (Å²) in [6.45, 7) is 1.70. The largest absolute Gasteiger partial charge is 0.477 e. The number of hydrogen-bond donors (Lipinski definition) is 1. The summed E-state index contributed by atoms with van der Waals surface area (Å²) in [6, 6.07) is 3.66. The summed E-state index contributed by atoms with van der Waals surface area (Å²) in [5, 5.41) is 9.39. The van der Waals surface area contributed by atoms with Crippen LogP contribution in [0.15, 0.2) is 22.7 Å². The van der Waals surface area contributed by atoms with Crippen molar-refractivity contribution in [2.75, 3.05) is 0 Å². The number of aromatic carboxylic acids is 1. The van der Waals surface area contributed by atoms with E-state index in [2.05, 4.69) is 9.97 Å². The number of rotatable bonds is 4. The molecule has 2 aromatic rings. The summed E-state index contributed by atoms with van der Waals surface area (Å²) in [6.07, 6.45) is 1.65. The normalized spacial score (nSPS) is 10.6. The third-order valence-corrected chi connectivity index (χ3v) is 4.69. The standard InChI is InChI=1S/C11H9ClN2O2S2/c1-6-9(10(15)16)18-11(14-6)17-5-7-2-3-13-8(12)4-7/h2-4H,5H2,1H3,(H,15,16). The van der Waals surface area contributed by atoms with Crippen molar-refractivity contribution < 1.29 is 9.90 Å². The molecule has 2 heterocycles. The lowest BCUT2D eigenvalue weighted by atomic mass is 10.3. The molecule has 0 aliphatic heterocycles. The number of halogens is 1. The van der Waals surface area contributed by atoms with Crippen LogP contribution in [0.25, 0.3) is 0 Å². The predicted octanol–water partition coefficient (Wildman–Crippen LogP) is 3.49. The molecule has 7 heteroatoms. The van der Waals surface area contributed by atoms with E-state index in [9.17, 15) is 4.79 Å². The number of thiazole rings is 1. The maximum atomic E-state index is 10.9. The predicted molar refractivity (Wildman–Crippen MR) is 72.6 cm³/mol. The average Bonchev–Trinajstić information content (AvgIpc) is 2.68. The lowest BCUT2D eigenvalue weighted by molar-refractivity contribution is 0.0701. The lowest BCUT2D eigenvalue weighted by Gasteiger charge is -1.98. The summed E-state index contributed by atoms with van der Waals surface area (Å²) in [5.41, 5.74) is 1.59. The smallest absolute Gasteiger partial charge is 0.347 e. The van der Waals surface area contributed by atoms with Crippen molar-refractivity contribution in [3.05, 3.63) is 39.6 Å². The van der Waals surface area contributed by atoms with Crippen LogP contribution in [0.3, 0.4) is 0 Å². The number of carboxylic acids is 1. The second kappa shape index (κ2) is 5.69. The molecule has 2 rings (SSSR count). The van der Waals surface area contributed by atoms with Crippen LogP contribution in [0.1, 0.15) is 20.9 Å². The van der Waals surface area contributed by atoms with Gasteiger partial charge in [0.1, 0.15) is 10.0 Å². The first-order valence-corrected chi connectivity index (χ1v) is 7.18. The first-order chi connectivity index (χ1) is 8.56. The van der Waals surface area contributed by atoms with Crippen molar-refractivity contribution >= 4 is 40.7 Å². The Balaban J connectivity index is 2.06. The van der Waals surface area contributed by atoms with E-state index in [0.717, 1.165) is 9.90 Å². The number of aromatic nitrogens is 2. The first-order valence-electron chi connectivity index (χ1n) is 5.00. The Hall–Kier alpha value is -1.11. The fourth-order valence-corrected chi connectivity index (χ4v) is 3.48.